The summed E-state index contributed by atoms with van der Waals surface area (Å²) in [7, 11) is 0. The van der Waals surface area contributed by atoms with Crippen LogP contribution in [-0.4, -0.2) is 0 Å². The summed E-state index contributed by atoms with van der Waals surface area (Å²) in [6, 6.07) is 94.7. The van der Waals surface area contributed by atoms with Crippen LogP contribution in [0.25, 0.3) is 88.3 Å². The van der Waals surface area contributed by atoms with Gasteiger partial charge in [0, 0.05) is 17.1 Å². The zero-order valence-electron chi connectivity index (χ0n) is 34.8. The van der Waals surface area contributed by atoms with Gasteiger partial charge < -0.3 is 4.90 Å². The fraction of sp³-hybridized carbons (Fsp3) is 0. The van der Waals surface area contributed by atoms with Gasteiger partial charge in [0.15, 0.2) is 0 Å². The molecule has 0 saturated carbocycles. The monoisotopic (exact) mass is 801 g/mol. The van der Waals surface area contributed by atoms with Gasteiger partial charge in [0.25, 0.3) is 0 Å². The Bertz CT molecular complexity index is 3370. The van der Waals surface area contributed by atoms with E-state index in [4.69, 9.17) is 0 Å². The summed E-state index contributed by atoms with van der Waals surface area (Å²) in [5.74, 6) is 0. The smallest absolute Gasteiger partial charge is 0.0468 e. The van der Waals surface area contributed by atoms with Crippen molar-refractivity contribution in [3.05, 3.63) is 261 Å². The summed E-state index contributed by atoms with van der Waals surface area (Å²) in [5, 5.41) is 4.87. The highest BCUT2D eigenvalue weighted by Crippen LogP contribution is 2.43. The minimum Gasteiger partial charge on any atom is -0.310 e. The molecule has 0 bridgehead atoms. The first-order valence-corrected chi connectivity index (χ1v) is 21.7. The molecule has 11 aromatic rings. The Morgan fingerprint density at radius 3 is 1.11 bits per heavy atom. The molecule has 1 heteroatoms. The van der Waals surface area contributed by atoms with E-state index in [1.54, 1.807) is 0 Å². The number of hydrogen-bond donors (Lipinski definition) is 0. The molecule has 0 aliphatic rings. The first kappa shape index (κ1) is 37.7. The van der Waals surface area contributed by atoms with Crippen molar-refractivity contribution < 1.29 is 0 Å². The average molecular weight is 802 g/mol. The van der Waals surface area contributed by atoms with Crippen molar-refractivity contribution in [2.24, 2.45) is 0 Å². The second-order valence-electron chi connectivity index (χ2n) is 16.1. The minimum absolute atomic E-state index is 1.10. The van der Waals surface area contributed by atoms with Crippen molar-refractivity contribution in [1.29, 1.82) is 0 Å². The van der Waals surface area contributed by atoms with Crippen molar-refractivity contribution in [2.75, 3.05) is 4.90 Å². The van der Waals surface area contributed by atoms with Crippen LogP contribution in [0.3, 0.4) is 0 Å². The molecule has 0 heterocycles. The van der Waals surface area contributed by atoms with Crippen LogP contribution in [0, 0.1) is 0 Å². The van der Waals surface area contributed by atoms with Gasteiger partial charge in [0.1, 0.15) is 0 Å². The molecule has 0 aliphatic carbocycles. The predicted molar refractivity (Wildman–Crippen MR) is 269 cm³/mol. The lowest BCUT2D eigenvalue weighted by Crippen LogP contribution is -2.09. The van der Waals surface area contributed by atoms with Crippen molar-refractivity contribution >= 4 is 38.6 Å². The summed E-state index contributed by atoms with van der Waals surface area (Å²) in [5.41, 5.74) is 17.8. The van der Waals surface area contributed by atoms with Crippen LogP contribution < -0.4 is 4.90 Å². The van der Waals surface area contributed by atoms with Crippen molar-refractivity contribution in [3.63, 3.8) is 0 Å². The fourth-order valence-electron chi connectivity index (χ4n) is 9.10. The van der Waals surface area contributed by atoms with E-state index in [1.165, 1.54) is 88.3 Å². The normalized spacial score (nSPS) is 11.2. The quantitative estimate of drug-likeness (QED) is 0.141. The molecule has 0 saturated heterocycles. The molecule has 11 rings (SSSR count). The van der Waals surface area contributed by atoms with Gasteiger partial charge in [-0.3, -0.25) is 0 Å². The third-order valence-electron chi connectivity index (χ3n) is 12.3. The minimum atomic E-state index is 1.10. The van der Waals surface area contributed by atoms with Crippen LogP contribution >= 0.6 is 0 Å². The Hall–Kier alpha value is -8.26. The Morgan fingerprint density at radius 2 is 0.524 bits per heavy atom. The molecule has 0 unspecified atom stereocenters. The first-order chi connectivity index (χ1) is 31.2. The predicted octanol–water partition coefficient (Wildman–Crippen LogP) is 17.5. The molecule has 0 amide bonds. The molecule has 0 aromatic heterocycles. The number of hydrogen-bond acceptors (Lipinski definition) is 1. The van der Waals surface area contributed by atoms with E-state index < -0.39 is 0 Å². The van der Waals surface area contributed by atoms with Crippen molar-refractivity contribution in [1.82, 2.24) is 0 Å². The van der Waals surface area contributed by atoms with Gasteiger partial charge in [0.05, 0.1) is 0 Å². The van der Waals surface area contributed by atoms with Crippen LogP contribution in [0.2, 0.25) is 0 Å². The van der Waals surface area contributed by atoms with Crippen LogP contribution in [0.4, 0.5) is 17.1 Å². The summed E-state index contributed by atoms with van der Waals surface area (Å²) in [6.07, 6.45) is 0. The van der Waals surface area contributed by atoms with E-state index in [0.717, 1.165) is 17.1 Å². The maximum absolute atomic E-state index is 2.37. The summed E-state index contributed by atoms with van der Waals surface area (Å²) in [6.45, 7) is 0. The first-order valence-electron chi connectivity index (χ1n) is 21.7. The Morgan fingerprint density at radius 1 is 0.175 bits per heavy atom. The molecule has 0 spiro atoms. The van der Waals surface area contributed by atoms with Gasteiger partial charge >= 0.3 is 0 Å². The van der Waals surface area contributed by atoms with E-state index in [-0.39, 0.29) is 0 Å². The number of fused-ring (bicyclic) bond motifs is 2. The van der Waals surface area contributed by atoms with E-state index in [0.29, 0.717) is 0 Å². The Balaban J connectivity index is 0.998. The molecule has 0 fully saturated rings. The van der Waals surface area contributed by atoms with Crippen molar-refractivity contribution in [2.45, 2.75) is 0 Å². The van der Waals surface area contributed by atoms with E-state index in [2.05, 4.69) is 266 Å². The zero-order chi connectivity index (χ0) is 42.0. The molecular weight excluding hydrogens is 759 g/mol. The molecule has 1 nitrogen and oxygen atoms in total. The van der Waals surface area contributed by atoms with E-state index in [9.17, 15) is 0 Å². The molecule has 0 N–H and O–H groups in total. The highest BCUT2D eigenvalue weighted by Gasteiger charge is 2.17. The number of anilines is 3. The van der Waals surface area contributed by atoms with E-state index in [1.807, 2.05) is 0 Å². The zero-order valence-corrected chi connectivity index (χ0v) is 34.8. The molecule has 0 aliphatic heterocycles. The van der Waals surface area contributed by atoms with Crippen LogP contribution in [0.5, 0.6) is 0 Å². The topological polar surface area (TPSA) is 3.24 Å². The maximum atomic E-state index is 2.37. The lowest BCUT2D eigenvalue weighted by Gasteiger charge is -2.26. The van der Waals surface area contributed by atoms with Crippen LogP contribution in [-0.2, 0) is 0 Å². The highest BCUT2D eigenvalue weighted by atomic mass is 15.1. The molecule has 296 valence electrons. The second kappa shape index (κ2) is 16.7. The van der Waals surface area contributed by atoms with E-state index >= 15 is 0 Å². The second-order valence-corrected chi connectivity index (χ2v) is 16.1. The largest absolute Gasteiger partial charge is 0.310 e. The Kier molecular flexibility index (Phi) is 9.97. The maximum Gasteiger partial charge on any atom is 0.0468 e. The van der Waals surface area contributed by atoms with Gasteiger partial charge in [-0.15, -0.1) is 0 Å². The van der Waals surface area contributed by atoms with Gasteiger partial charge in [-0.25, -0.2) is 0 Å². The lowest BCUT2D eigenvalue weighted by molar-refractivity contribution is 1.29. The van der Waals surface area contributed by atoms with Gasteiger partial charge in [-0.2, -0.15) is 0 Å². The molecule has 0 radical (unpaired) electrons. The molecule has 11 aromatic carbocycles. The van der Waals surface area contributed by atoms with Gasteiger partial charge in [-0.1, -0.05) is 212 Å². The van der Waals surface area contributed by atoms with Crippen LogP contribution in [0.15, 0.2) is 261 Å². The third kappa shape index (κ3) is 7.47. The van der Waals surface area contributed by atoms with Crippen molar-refractivity contribution in [3.8, 4) is 66.8 Å². The number of nitrogens with zero attached hydrogens (tertiary/aromatic N) is 1. The number of rotatable bonds is 9. The standard InChI is InChI=1S/C62H43N/c1-3-15-44(16-4-1)46-31-36-54(37-32-46)63(55-38-33-47(34-39-55)51-29-27-45-17-7-8-20-50(45)41-51)56-40-35-48-28-30-52(42-53(48)43-56)58-22-10-12-24-60(58)62-26-14-13-25-61(62)59-23-11-9-21-57(59)49-18-5-2-6-19-49/h1-43H. The SMILES string of the molecule is c1ccc(-c2ccc(N(c3ccc(-c4ccc5ccccc5c4)cc3)c3ccc4ccc(-c5ccccc5-c5ccccc5-c5ccccc5-c5ccccc5)cc4c3)cc2)cc1. The Labute approximate surface area is 369 Å². The summed E-state index contributed by atoms with van der Waals surface area (Å²) < 4.78 is 0. The molecule has 63 heavy (non-hydrogen) atoms. The number of benzene rings is 11. The lowest BCUT2D eigenvalue weighted by atomic mass is 9.86. The fourth-order valence-corrected chi connectivity index (χ4v) is 9.10. The highest BCUT2D eigenvalue weighted by molar-refractivity contribution is 5.98. The average Bonchev–Trinajstić information content (AvgIpc) is 3.37. The summed E-state index contributed by atoms with van der Waals surface area (Å²) >= 11 is 0. The van der Waals surface area contributed by atoms with Gasteiger partial charge in [-0.05, 0) is 137 Å². The molecule has 0 atom stereocenters. The van der Waals surface area contributed by atoms with Gasteiger partial charge in [0.2, 0.25) is 0 Å². The third-order valence-corrected chi connectivity index (χ3v) is 12.3. The van der Waals surface area contributed by atoms with Crippen LogP contribution in [0.1, 0.15) is 0 Å². The summed E-state index contributed by atoms with van der Waals surface area (Å²) in [4.78, 5) is 2.37. The molecular formula is C62H43N.